The normalized spacial score (nSPS) is 10.7. The topological polar surface area (TPSA) is 38.9 Å². The molecule has 0 aromatic carbocycles. The Kier molecular flexibility index (Phi) is 2.81. The number of hydrogen-bond acceptors (Lipinski definition) is 2. The fraction of sp³-hybridized carbons (Fsp3) is 0.222. The molecule has 1 heterocycles. The molecule has 1 rings (SSSR count). The first-order valence-corrected chi connectivity index (χ1v) is 3.62. The van der Waals surface area contributed by atoms with Crippen LogP contribution in [0.2, 0.25) is 0 Å². The van der Waals surface area contributed by atoms with Gasteiger partial charge in [-0.15, -0.1) is 0 Å². The van der Waals surface area contributed by atoms with Crippen LogP contribution in [-0.4, -0.2) is 11.5 Å². The molecule has 1 aromatic rings. The van der Waals surface area contributed by atoms with Crippen LogP contribution in [-0.2, 0) is 0 Å². The molecule has 0 bridgehead atoms. The van der Waals surface area contributed by atoms with Gasteiger partial charge in [0.1, 0.15) is 0 Å². The van der Waals surface area contributed by atoms with Crippen LogP contribution in [0.15, 0.2) is 24.5 Å². The summed E-state index contributed by atoms with van der Waals surface area (Å²) in [5.74, 6) is 0. The second-order valence-corrected chi connectivity index (χ2v) is 2.37. The molecule has 0 unspecified atom stereocenters. The smallest absolute Gasteiger partial charge is 0.0303 e. The van der Waals surface area contributed by atoms with E-state index in [-0.39, 0.29) is 0 Å². The summed E-state index contributed by atoms with van der Waals surface area (Å²) in [5, 5.41) is 0. The molecule has 0 aliphatic rings. The summed E-state index contributed by atoms with van der Waals surface area (Å²) >= 11 is 0. The Balaban J connectivity index is 2.86. The summed E-state index contributed by atoms with van der Waals surface area (Å²) in [5.41, 5.74) is 7.69. The summed E-state index contributed by atoms with van der Waals surface area (Å²) in [6, 6.07) is 1.97. The van der Waals surface area contributed by atoms with Crippen molar-refractivity contribution in [3.63, 3.8) is 0 Å². The zero-order valence-electron chi connectivity index (χ0n) is 6.62. The van der Waals surface area contributed by atoms with Crippen LogP contribution in [0, 0.1) is 6.92 Å². The lowest BCUT2D eigenvalue weighted by molar-refractivity contribution is 1.24. The van der Waals surface area contributed by atoms with Gasteiger partial charge in [0.25, 0.3) is 0 Å². The molecule has 2 nitrogen and oxygen atoms in total. The van der Waals surface area contributed by atoms with Crippen molar-refractivity contribution >= 4 is 6.08 Å². The third kappa shape index (κ3) is 2.16. The van der Waals surface area contributed by atoms with Crippen LogP contribution in [0.3, 0.4) is 0 Å². The van der Waals surface area contributed by atoms with Gasteiger partial charge in [0, 0.05) is 18.9 Å². The molecule has 0 atom stereocenters. The highest BCUT2D eigenvalue weighted by Gasteiger charge is 1.89. The van der Waals surface area contributed by atoms with E-state index in [0.717, 1.165) is 0 Å². The van der Waals surface area contributed by atoms with Crippen molar-refractivity contribution in [2.75, 3.05) is 6.54 Å². The van der Waals surface area contributed by atoms with E-state index < -0.39 is 0 Å². The monoisotopic (exact) mass is 148 g/mol. The average molecular weight is 148 g/mol. The minimum absolute atomic E-state index is 0.585. The minimum Gasteiger partial charge on any atom is -0.327 e. The predicted octanol–water partition coefficient (Wildman–Crippen LogP) is 1.36. The van der Waals surface area contributed by atoms with Crippen LogP contribution >= 0.6 is 0 Å². The maximum atomic E-state index is 5.32. The molecule has 11 heavy (non-hydrogen) atoms. The number of aromatic nitrogens is 1. The van der Waals surface area contributed by atoms with Crippen LogP contribution < -0.4 is 5.73 Å². The van der Waals surface area contributed by atoms with Gasteiger partial charge in [-0.3, -0.25) is 4.98 Å². The molecule has 0 aliphatic carbocycles. The number of aryl methyl sites for hydroxylation is 1. The van der Waals surface area contributed by atoms with Crippen LogP contribution in [0.25, 0.3) is 6.08 Å². The minimum atomic E-state index is 0.585. The largest absolute Gasteiger partial charge is 0.327 e. The van der Waals surface area contributed by atoms with Gasteiger partial charge in [0.05, 0.1) is 0 Å². The maximum absolute atomic E-state index is 5.32. The Morgan fingerprint density at radius 2 is 2.45 bits per heavy atom. The highest BCUT2D eigenvalue weighted by molar-refractivity contribution is 5.52. The molecule has 0 fully saturated rings. The number of nitrogens with two attached hydrogens (primary N) is 1. The number of hydrogen-bond donors (Lipinski definition) is 1. The van der Waals surface area contributed by atoms with Gasteiger partial charge in [-0.2, -0.15) is 0 Å². The zero-order chi connectivity index (χ0) is 8.10. The summed E-state index contributed by atoms with van der Waals surface area (Å²) in [7, 11) is 0. The van der Waals surface area contributed by atoms with Crippen molar-refractivity contribution in [2.45, 2.75) is 6.92 Å². The first-order chi connectivity index (χ1) is 5.34. The first kappa shape index (κ1) is 7.95. The molecule has 0 saturated carbocycles. The van der Waals surface area contributed by atoms with Gasteiger partial charge >= 0.3 is 0 Å². The van der Waals surface area contributed by atoms with Gasteiger partial charge in [-0.25, -0.2) is 0 Å². The van der Waals surface area contributed by atoms with Gasteiger partial charge in [-0.05, 0) is 24.1 Å². The molecule has 2 heteroatoms. The number of rotatable bonds is 2. The first-order valence-electron chi connectivity index (χ1n) is 3.62. The van der Waals surface area contributed by atoms with Crippen LogP contribution in [0.5, 0.6) is 0 Å². The third-order valence-corrected chi connectivity index (χ3v) is 1.50. The zero-order valence-corrected chi connectivity index (χ0v) is 6.62. The molecule has 0 saturated heterocycles. The quantitative estimate of drug-likeness (QED) is 0.687. The molecule has 58 valence electrons. The van der Waals surface area contributed by atoms with Gasteiger partial charge in [-0.1, -0.05) is 12.2 Å². The van der Waals surface area contributed by atoms with E-state index >= 15 is 0 Å². The van der Waals surface area contributed by atoms with E-state index in [1.165, 1.54) is 11.1 Å². The van der Waals surface area contributed by atoms with Crippen molar-refractivity contribution < 1.29 is 0 Å². The summed E-state index contributed by atoms with van der Waals surface area (Å²) in [6.45, 7) is 2.62. The van der Waals surface area contributed by atoms with Crippen molar-refractivity contribution in [3.05, 3.63) is 35.7 Å². The molecule has 2 N–H and O–H groups in total. The lowest BCUT2D eigenvalue weighted by Crippen LogP contribution is -1.92. The fourth-order valence-corrected chi connectivity index (χ4v) is 0.866. The molecule has 1 aromatic heterocycles. The van der Waals surface area contributed by atoms with Crippen molar-refractivity contribution in [2.24, 2.45) is 5.73 Å². The van der Waals surface area contributed by atoms with Crippen molar-refractivity contribution in [1.82, 2.24) is 4.98 Å². The van der Waals surface area contributed by atoms with Gasteiger partial charge < -0.3 is 5.73 Å². The van der Waals surface area contributed by atoms with E-state index in [4.69, 9.17) is 5.73 Å². The van der Waals surface area contributed by atoms with E-state index in [2.05, 4.69) is 4.98 Å². The molecule has 0 spiro atoms. The van der Waals surface area contributed by atoms with Crippen LogP contribution in [0.4, 0.5) is 0 Å². The summed E-state index contributed by atoms with van der Waals surface area (Å²) in [4.78, 5) is 3.99. The van der Waals surface area contributed by atoms with E-state index in [1.807, 2.05) is 31.3 Å². The van der Waals surface area contributed by atoms with Gasteiger partial charge in [0.2, 0.25) is 0 Å². The average Bonchev–Trinajstić information content (AvgIpc) is 2.03. The second kappa shape index (κ2) is 3.88. The molecule has 0 amide bonds. The van der Waals surface area contributed by atoms with Crippen molar-refractivity contribution in [1.29, 1.82) is 0 Å². The standard InChI is InChI=1S/C9H12N2/c1-8-7-11-6-4-9(8)3-2-5-10/h2-4,6-7H,5,10H2,1H3. The Labute approximate surface area is 66.8 Å². The highest BCUT2D eigenvalue weighted by atomic mass is 14.6. The Bertz CT molecular complexity index is 253. The lowest BCUT2D eigenvalue weighted by Gasteiger charge is -1.96. The molecular formula is C9H12N2. The second-order valence-electron chi connectivity index (χ2n) is 2.37. The third-order valence-electron chi connectivity index (χ3n) is 1.50. The molecule has 0 aliphatic heterocycles. The Hall–Kier alpha value is -1.15. The Morgan fingerprint density at radius 1 is 1.64 bits per heavy atom. The number of nitrogens with zero attached hydrogens (tertiary/aromatic N) is 1. The van der Waals surface area contributed by atoms with E-state index in [1.54, 1.807) is 6.20 Å². The number of pyridine rings is 1. The maximum Gasteiger partial charge on any atom is 0.0303 e. The molecular weight excluding hydrogens is 136 g/mol. The van der Waals surface area contributed by atoms with E-state index in [0.29, 0.717) is 6.54 Å². The summed E-state index contributed by atoms with van der Waals surface area (Å²) in [6.07, 6.45) is 7.57. The van der Waals surface area contributed by atoms with Gasteiger partial charge in [0.15, 0.2) is 0 Å². The fourth-order valence-electron chi connectivity index (χ4n) is 0.866. The predicted molar refractivity (Wildman–Crippen MR) is 47.1 cm³/mol. The molecule has 0 radical (unpaired) electrons. The summed E-state index contributed by atoms with van der Waals surface area (Å²) < 4.78 is 0. The van der Waals surface area contributed by atoms with E-state index in [9.17, 15) is 0 Å². The Morgan fingerprint density at radius 3 is 3.09 bits per heavy atom. The lowest BCUT2D eigenvalue weighted by atomic mass is 10.1. The van der Waals surface area contributed by atoms with Crippen LogP contribution in [0.1, 0.15) is 11.1 Å². The SMILES string of the molecule is Cc1cnccc1C=CCN. The highest BCUT2D eigenvalue weighted by Crippen LogP contribution is 2.06. The van der Waals surface area contributed by atoms with Crippen molar-refractivity contribution in [3.8, 4) is 0 Å².